The van der Waals surface area contributed by atoms with Crippen LogP contribution in [0, 0.1) is 5.92 Å². The number of unbranched alkanes of at least 4 members (excludes halogenated alkanes) is 3. The highest BCUT2D eigenvalue weighted by Gasteiger charge is 2.31. The lowest BCUT2D eigenvalue weighted by Gasteiger charge is -2.26. The predicted molar refractivity (Wildman–Crippen MR) is 127 cm³/mol. The predicted octanol–water partition coefficient (Wildman–Crippen LogP) is 3.07. The molecule has 1 aliphatic heterocycles. The molecule has 0 bridgehead atoms. The molecule has 2 rings (SSSR count). The molecule has 1 saturated carbocycles. The van der Waals surface area contributed by atoms with Gasteiger partial charge in [-0.15, -0.1) is 24.0 Å². The average Bonchev–Trinajstić information content (AvgIpc) is 3.20. The Hall–Kier alpha value is -1.06. The van der Waals surface area contributed by atoms with E-state index >= 15 is 0 Å². The summed E-state index contributed by atoms with van der Waals surface area (Å²) in [7, 11) is 3.21. The third kappa shape index (κ3) is 9.53. The molecule has 0 aromatic heterocycles. The van der Waals surface area contributed by atoms with Crippen LogP contribution in [-0.4, -0.2) is 62.6 Å². The Morgan fingerprint density at radius 1 is 1.07 bits per heavy atom. The van der Waals surface area contributed by atoms with E-state index in [-0.39, 0.29) is 41.9 Å². The Kier molecular flexibility index (Phi) is 13.3. The van der Waals surface area contributed by atoms with Gasteiger partial charge in [-0.2, -0.15) is 0 Å². The summed E-state index contributed by atoms with van der Waals surface area (Å²) in [6.45, 7) is 2.49. The molecule has 0 aromatic rings. The van der Waals surface area contributed by atoms with Crippen molar-refractivity contribution in [1.29, 1.82) is 0 Å². The van der Waals surface area contributed by atoms with Crippen LogP contribution in [0.2, 0.25) is 0 Å². The first-order chi connectivity index (χ1) is 13.6. The molecular weight excluding hydrogens is 483 g/mol. The summed E-state index contributed by atoms with van der Waals surface area (Å²) in [4.78, 5) is 30.1. The zero-order valence-electron chi connectivity index (χ0n) is 18.1. The highest BCUT2D eigenvalue weighted by atomic mass is 127. The number of ether oxygens (including phenoxy) is 1. The van der Waals surface area contributed by atoms with Crippen molar-refractivity contribution < 1.29 is 14.3 Å². The number of carbonyl (C=O) groups excluding carboxylic acids is 2. The van der Waals surface area contributed by atoms with Gasteiger partial charge in [0.2, 0.25) is 5.91 Å². The maximum absolute atomic E-state index is 12.7. The molecule has 1 unspecified atom stereocenters. The molecular formula is C21H39IN4O3. The number of rotatable bonds is 9. The van der Waals surface area contributed by atoms with Gasteiger partial charge in [-0.1, -0.05) is 32.1 Å². The lowest BCUT2D eigenvalue weighted by molar-refractivity contribution is -0.140. The Labute approximate surface area is 192 Å². The van der Waals surface area contributed by atoms with E-state index in [2.05, 4.69) is 20.4 Å². The second-order valence-corrected chi connectivity index (χ2v) is 7.99. The first-order valence-corrected chi connectivity index (χ1v) is 11.0. The standard InChI is InChI=1S/C21H38N4O3.HI/c1-22-21(23-14-9-4-3-8-12-19(26)28-2)24-18-13-15-25(16-18)20(27)17-10-6-5-7-11-17;/h17-18H,3-16H2,1-2H3,(H2,22,23,24);1H. The quantitative estimate of drug-likeness (QED) is 0.160. The summed E-state index contributed by atoms with van der Waals surface area (Å²) in [5.41, 5.74) is 0. The molecule has 0 spiro atoms. The Bertz CT molecular complexity index is 524. The van der Waals surface area contributed by atoms with Crippen LogP contribution < -0.4 is 10.6 Å². The van der Waals surface area contributed by atoms with Crippen molar-refractivity contribution in [1.82, 2.24) is 15.5 Å². The molecule has 0 aromatic carbocycles. The lowest BCUT2D eigenvalue weighted by Crippen LogP contribution is -2.45. The van der Waals surface area contributed by atoms with Crippen LogP contribution >= 0.6 is 24.0 Å². The molecule has 2 fully saturated rings. The molecule has 2 aliphatic rings. The summed E-state index contributed by atoms with van der Waals surface area (Å²) in [5.74, 6) is 1.30. The number of likely N-dealkylation sites (tertiary alicyclic amines) is 1. The van der Waals surface area contributed by atoms with E-state index < -0.39 is 0 Å². The normalized spacial score (nSPS) is 20.1. The summed E-state index contributed by atoms with van der Waals surface area (Å²) in [6.07, 6.45) is 11.3. The number of carbonyl (C=O) groups is 2. The Balaban J connectivity index is 0.00000420. The van der Waals surface area contributed by atoms with E-state index in [4.69, 9.17) is 0 Å². The number of esters is 1. The van der Waals surface area contributed by atoms with Crippen molar-refractivity contribution in [2.24, 2.45) is 10.9 Å². The third-order valence-electron chi connectivity index (χ3n) is 5.85. The number of hydrogen-bond acceptors (Lipinski definition) is 4. The van der Waals surface area contributed by atoms with Crippen molar-refractivity contribution in [3.05, 3.63) is 0 Å². The molecule has 2 N–H and O–H groups in total. The molecule has 168 valence electrons. The second-order valence-electron chi connectivity index (χ2n) is 7.99. The van der Waals surface area contributed by atoms with Gasteiger partial charge in [0.25, 0.3) is 0 Å². The van der Waals surface area contributed by atoms with Gasteiger partial charge in [0.15, 0.2) is 5.96 Å². The fourth-order valence-corrected chi connectivity index (χ4v) is 4.13. The molecule has 29 heavy (non-hydrogen) atoms. The molecule has 1 heterocycles. The molecule has 1 amide bonds. The van der Waals surface area contributed by atoms with E-state index in [1.807, 2.05) is 4.90 Å². The Morgan fingerprint density at radius 3 is 2.48 bits per heavy atom. The van der Waals surface area contributed by atoms with Crippen LogP contribution in [-0.2, 0) is 14.3 Å². The first kappa shape index (κ1) is 26.0. The van der Waals surface area contributed by atoms with E-state index in [0.29, 0.717) is 12.3 Å². The first-order valence-electron chi connectivity index (χ1n) is 11.0. The molecule has 7 nitrogen and oxygen atoms in total. The SMILES string of the molecule is CN=C(NCCCCCCC(=O)OC)NC1CCN(C(=O)C2CCCCC2)C1.I. The number of nitrogens with zero attached hydrogens (tertiary/aromatic N) is 2. The average molecular weight is 522 g/mol. The van der Waals surface area contributed by atoms with Gasteiger partial charge in [0.05, 0.1) is 7.11 Å². The summed E-state index contributed by atoms with van der Waals surface area (Å²) in [5, 5.41) is 6.82. The Morgan fingerprint density at radius 2 is 1.79 bits per heavy atom. The number of halogens is 1. The minimum Gasteiger partial charge on any atom is -0.469 e. The minimum absolute atomic E-state index is 0. The van der Waals surface area contributed by atoms with Crippen molar-refractivity contribution in [2.75, 3.05) is 33.8 Å². The van der Waals surface area contributed by atoms with Gasteiger partial charge in [-0.25, -0.2) is 0 Å². The van der Waals surface area contributed by atoms with Gasteiger partial charge in [0.1, 0.15) is 0 Å². The number of nitrogens with one attached hydrogen (secondary N) is 2. The van der Waals surface area contributed by atoms with Gasteiger partial charge < -0.3 is 20.3 Å². The third-order valence-corrected chi connectivity index (χ3v) is 5.85. The summed E-state index contributed by atoms with van der Waals surface area (Å²) < 4.78 is 4.64. The highest BCUT2D eigenvalue weighted by molar-refractivity contribution is 14.0. The van der Waals surface area contributed by atoms with Crippen LogP contribution in [0.5, 0.6) is 0 Å². The minimum atomic E-state index is -0.129. The van der Waals surface area contributed by atoms with Crippen LogP contribution in [0.25, 0.3) is 0 Å². The molecule has 0 radical (unpaired) electrons. The summed E-state index contributed by atoms with van der Waals surface area (Å²) in [6, 6.07) is 0.277. The van der Waals surface area contributed by atoms with Crippen molar-refractivity contribution >= 4 is 41.8 Å². The van der Waals surface area contributed by atoms with Gasteiger partial charge in [-0.3, -0.25) is 14.6 Å². The van der Waals surface area contributed by atoms with Gasteiger partial charge >= 0.3 is 5.97 Å². The molecule has 8 heteroatoms. The smallest absolute Gasteiger partial charge is 0.305 e. The lowest BCUT2D eigenvalue weighted by atomic mass is 9.88. The van der Waals surface area contributed by atoms with E-state index in [1.54, 1.807) is 7.05 Å². The van der Waals surface area contributed by atoms with Crippen LogP contribution in [0.15, 0.2) is 4.99 Å². The second kappa shape index (κ2) is 14.8. The molecule has 1 aliphatic carbocycles. The van der Waals surface area contributed by atoms with Crippen LogP contribution in [0.4, 0.5) is 0 Å². The van der Waals surface area contributed by atoms with E-state index in [1.165, 1.54) is 26.4 Å². The zero-order valence-corrected chi connectivity index (χ0v) is 20.4. The van der Waals surface area contributed by atoms with Crippen LogP contribution in [0.3, 0.4) is 0 Å². The number of guanidine groups is 1. The zero-order chi connectivity index (χ0) is 20.2. The molecule has 1 atom stereocenters. The van der Waals surface area contributed by atoms with Crippen molar-refractivity contribution in [2.45, 2.75) is 76.7 Å². The van der Waals surface area contributed by atoms with Gasteiger partial charge in [-0.05, 0) is 32.1 Å². The maximum atomic E-state index is 12.7. The monoisotopic (exact) mass is 522 g/mol. The fraction of sp³-hybridized carbons (Fsp3) is 0.857. The van der Waals surface area contributed by atoms with E-state index in [0.717, 1.165) is 70.5 Å². The number of amides is 1. The van der Waals surface area contributed by atoms with Crippen molar-refractivity contribution in [3.63, 3.8) is 0 Å². The fourth-order valence-electron chi connectivity index (χ4n) is 4.13. The maximum Gasteiger partial charge on any atom is 0.305 e. The van der Waals surface area contributed by atoms with Crippen molar-refractivity contribution in [3.8, 4) is 0 Å². The summed E-state index contributed by atoms with van der Waals surface area (Å²) >= 11 is 0. The largest absolute Gasteiger partial charge is 0.469 e. The van der Waals surface area contributed by atoms with Gasteiger partial charge in [0, 0.05) is 45.1 Å². The van der Waals surface area contributed by atoms with Crippen LogP contribution in [0.1, 0.15) is 70.6 Å². The number of methoxy groups -OCH3 is 1. The number of hydrogen-bond donors (Lipinski definition) is 2. The number of aliphatic imine (C=N–C) groups is 1. The highest BCUT2D eigenvalue weighted by Crippen LogP contribution is 2.26. The topological polar surface area (TPSA) is 83.0 Å². The molecule has 1 saturated heterocycles. The van der Waals surface area contributed by atoms with E-state index in [9.17, 15) is 9.59 Å².